The van der Waals surface area contributed by atoms with Gasteiger partial charge in [-0.25, -0.2) is 0 Å². The van der Waals surface area contributed by atoms with Gasteiger partial charge < -0.3 is 19.7 Å². The third-order valence-electron chi connectivity index (χ3n) is 5.43. The van der Waals surface area contributed by atoms with Crippen molar-refractivity contribution in [2.75, 3.05) is 21.3 Å². The van der Waals surface area contributed by atoms with Gasteiger partial charge in [-0.15, -0.1) is 0 Å². The van der Waals surface area contributed by atoms with Gasteiger partial charge in [0.2, 0.25) is 0 Å². The first-order valence-electron chi connectivity index (χ1n) is 8.05. The number of phenolic OH excluding ortho intramolecular Hbond substituents is 2. The van der Waals surface area contributed by atoms with E-state index in [2.05, 4.69) is 11.9 Å². The highest BCUT2D eigenvalue weighted by Crippen LogP contribution is 2.52. The number of hydrogen-bond acceptors (Lipinski definition) is 5. The molecule has 4 rings (SSSR count). The first-order valence-corrected chi connectivity index (χ1v) is 8.05. The Morgan fingerprint density at radius 1 is 0.958 bits per heavy atom. The fourth-order valence-corrected chi connectivity index (χ4v) is 4.18. The summed E-state index contributed by atoms with van der Waals surface area (Å²) in [5.41, 5.74) is 4.38. The number of ether oxygens (including phenoxy) is 2. The summed E-state index contributed by atoms with van der Waals surface area (Å²) in [6.07, 6.45) is 1.55. The second kappa shape index (κ2) is 5.31. The van der Waals surface area contributed by atoms with Crippen LogP contribution in [0, 0.1) is 0 Å². The standard InChI is InChI=1S/C19H21NO4/c1-20-13-6-10-4-5-16(23-2)19(22)18(10)14(20)7-11-8-17(24-3)15(21)9-12(11)13/h4-5,8-9,13-14,21-22H,6-7H2,1-3H3/t13-,14-/m1/s1. The number of aromatic hydroxyl groups is 2. The largest absolute Gasteiger partial charge is 0.504 e. The lowest BCUT2D eigenvalue weighted by molar-refractivity contribution is 0.134. The van der Waals surface area contributed by atoms with Crippen molar-refractivity contribution in [1.82, 2.24) is 4.90 Å². The molecule has 24 heavy (non-hydrogen) atoms. The first-order chi connectivity index (χ1) is 11.5. The summed E-state index contributed by atoms with van der Waals surface area (Å²) in [6.45, 7) is 0. The van der Waals surface area contributed by atoms with Crippen LogP contribution in [0.5, 0.6) is 23.0 Å². The fourth-order valence-electron chi connectivity index (χ4n) is 4.18. The van der Waals surface area contributed by atoms with Crippen LogP contribution in [0.1, 0.15) is 34.3 Å². The molecule has 0 aliphatic carbocycles. The summed E-state index contributed by atoms with van der Waals surface area (Å²) in [5, 5.41) is 20.8. The maximum Gasteiger partial charge on any atom is 0.162 e. The molecule has 2 aliphatic heterocycles. The highest BCUT2D eigenvalue weighted by molar-refractivity contribution is 5.57. The van der Waals surface area contributed by atoms with Gasteiger partial charge in [0.1, 0.15) is 0 Å². The molecule has 2 N–H and O–H groups in total. The molecule has 0 saturated carbocycles. The molecule has 0 fully saturated rings. The van der Waals surface area contributed by atoms with Gasteiger partial charge in [-0.05, 0) is 54.8 Å². The van der Waals surface area contributed by atoms with Gasteiger partial charge in [0.15, 0.2) is 23.0 Å². The van der Waals surface area contributed by atoms with Gasteiger partial charge >= 0.3 is 0 Å². The molecule has 2 aromatic rings. The molecule has 0 radical (unpaired) electrons. The first kappa shape index (κ1) is 15.1. The van der Waals surface area contributed by atoms with E-state index < -0.39 is 0 Å². The molecule has 2 aromatic carbocycles. The Kier molecular flexibility index (Phi) is 3.35. The molecule has 2 atom stereocenters. The van der Waals surface area contributed by atoms with Gasteiger partial charge in [-0.1, -0.05) is 6.07 Å². The second-order valence-electron chi connectivity index (χ2n) is 6.52. The van der Waals surface area contributed by atoms with Crippen molar-refractivity contribution in [3.05, 3.63) is 46.5 Å². The fraction of sp³-hybridized carbons (Fsp3) is 0.368. The van der Waals surface area contributed by atoms with Crippen molar-refractivity contribution >= 4 is 0 Å². The number of likely N-dealkylation sites (N-methyl/N-ethyl adjacent to an activating group) is 1. The van der Waals surface area contributed by atoms with Crippen molar-refractivity contribution in [2.24, 2.45) is 0 Å². The molecule has 126 valence electrons. The number of methoxy groups -OCH3 is 2. The van der Waals surface area contributed by atoms with Gasteiger partial charge in [-0.2, -0.15) is 0 Å². The predicted molar refractivity (Wildman–Crippen MR) is 90.0 cm³/mol. The number of benzene rings is 2. The zero-order chi connectivity index (χ0) is 17.0. The lowest BCUT2D eigenvalue weighted by atomic mass is 9.76. The number of nitrogens with zero attached hydrogens (tertiary/aromatic N) is 1. The topological polar surface area (TPSA) is 62.2 Å². The average molecular weight is 327 g/mol. The second-order valence-corrected chi connectivity index (χ2v) is 6.52. The van der Waals surface area contributed by atoms with Crippen molar-refractivity contribution in [3.63, 3.8) is 0 Å². The Morgan fingerprint density at radius 3 is 2.38 bits per heavy atom. The molecule has 0 unspecified atom stereocenters. The van der Waals surface area contributed by atoms with Gasteiger partial charge in [0.25, 0.3) is 0 Å². The van der Waals surface area contributed by atoms with E-state index in [0.29, 0.717) is 11.5 Å². The van der Waals surface area contributed by atoms with Crippen LogP contribution in [0.2, 0.25) is 0 Å². The molecule has 5 heteroatoms. The van der Waals surface area contributed by atoms with Crippen molar-refractivity contribution in [2.45, 2.75) is 24.9 Å². The van der Waals surface area contributed by atoms with E-state index in [1.54, 1.807) is 14.2 Å². The van der Waals surface area contributed by atoms with Crippen LogP contribution in [-0.4, -0.2) is 36.4 Å². The Bertz CT molecular complexity index is 817. The maximum atomic E-state index is 10.6. The number of fused-ring (bicyclic) bond motifs is 6. The molecule has 2 aliphatic rings. The Hall–Kier alpha value is -2.40. The van der Waals surface area contributed by atoms with Crippen LogP contribution in [0.25, 0.3) is 0 Å². The zero-order valence-electron chi connectivity index (χ0n) is 14.0. The van der Waals surface area contributed by atoms with Crippen LogP contribution in [0.4, 0.5) is 0 Å². The van der Waals surface area contributed by atoms with Crippen molar-refractivity contribution in [1.29, 1.82) is 0 Å². The lowest BCUT2D eigenvalue weighted by Gasteiger charge is -2.46. The molecular formula is C19H21NO4. The Balaban J connectivity index is 1.87. The normalized spacial score (nSPS) is 21.8. The summed E-state index contributed by atoms with van der Waals surface area (Å²) < 4.78 is 10.5. The number of phenols is 2. The van der Waals surface area contributed by atoms with Crippen LogP contribution < -0.4 is 9.47 Å². The number of hydrogen-bond donors (Lipinski definition) is 2. The minimum atomic E-state index is 0.0793. The molecule has 0 spiro atoms. The average Bonchev–Trinajstić information content (AvgIpc) is 2.56. The van der Waals surface area contributed by atoms with Crippen molar-refractivity contribution in [3.8, 4) is 23.0 Å². The van der Waals surface area contributed by atoms with E-state index in [4.69, 9.17) is 9.47 Å². The summed E-state index contributed by atoms with van der Waals surface area (Å²) >= 11 is 0. The third kappa shape index (κ3) is 1.97. The molecule has 0 saturated heterocycles. The Labute approximate surface area is 141 Å². The van der Waals surface area contributed by atoms with Gasteiger partial charge in [0.05, 0.1) is 14.2 Å². The Morgan fingerprint density at radius 2 is 1.67 bits per heavy atom. The van der Waals surface area contributed by atoms with Crippen LogP contribution >= 0.6 is 0 Å². The highest BCUT2D eigenvalue weighted by atomic mass is 16.5. The quantitative estimate of drug-likeness (QED) is 0.888. The van der Waals surface area contributed by atoms with E-state index in [1.807, 2.05) is 24.3 Å². The van der Waals surface area contributed by atoms with Crippen LogP contribution in [-0.2, 0) is 12.8 Å². The van der Waals surface area contributed by atoms with Crippen LogP contribution in [0.15, 0.2) is 24.3 Å². The third-order valence-corrected chi connectivity index (χ3v) is 5.43. The van der Waals surface area contributed by atoms with E-state index >= 15 is 0 Å². The summed E-state index contributed by atoms with van der Waals surface area (Å²) in [7, 11) is 5.20. The minimum Gasteiger partial charge on any atom is -0.504 e. The highest BCUT2D eigenvalue weighted by Gasteiger charge is 2.40. The summed E-state index contributed by atoms with van der Waals surface area (Å²) in [4.78, 5) is 2.27. The molecule has 0 amide bonds. The minimum absolute atomic E-state index is 0.0793. The molecule has 5 nitrogen and oxygen atoms in total. The van der Waals surface area contributed by atoms with Gasteiger partial charge in [-0.3, -0.25) is 4.90 Å². The summed E-state index contributed by atoms with van der Waals surface area (Å²) in [6, 6.07) is 7.85. The van der Waals surface area contributed by atoms with Crippen molar-refractivity contribution < 1.29 is 19.7 Å². The van der Waals surface area contributed by atoms with E-state index in [9.17, 15) is 10.2 Å². The summed E-state index contributed by atoms with van der Waals surface area (Å²) in [5.74, 6) is 1.41. The molecular weight excluding hydrogens is 306 g/mol. The van der Waals surface area contributed by atoms with E-state index in [-0.39, 0.29) is 23.6 Å². The van der Waals surface area contributed by atoms with Gasteiger partial charge in [0, 0.05) is 17.6 Å². The number of rotatable bonds is 2. The maximum absolute atomic E-state index is 10.6. The smallest absolute Gasteiger partial charge is 0.162 e. The SMILES string of the molecule is COc1cc2c(cc1O)[C@H]1Cc3ccc(OC)c(O)c3[C@@H](C2)N1C. The van der Waals surface area contributed by atoms with E-state index in [0.717, 1.165) is 35.1 Å². The zero-order valence-corrected chi connectivity index (χ0v) is 14.0. The lowest BCUT2D eigenvalue weighted by Crippen LogP contribution is -2.40. The molecule has 2 heterocycles. The van der Waals surface area contributed by atoms with E-state index in [1.165, 1.54) is 0 Å². The van der Waals surface area contributed by atoms with Crippen LogP contribution in [0.3, 0.4) is 0 Å². The predicted octanol–water partition coefficient (Wildman–Crippen LogP) is 2.94. The molecule has 0 aromatic heterocycles. The monoisotopic (exact) mass is 327 g/mol. The molecule has 2 bridgehead atoms.